The molecule has 0 amide bonds. The monoisotopic (exact) mass is 250 g/mol. The topological polar surface area (TPSA) is 6.48 Å². The first-order chi connectivity index (χ1) is 8.77. The van der Waals surface area contributed by atoms with Crippen molar-refractivity contribution in [1.29, 1.82) is 0 Å². The van der Waals surface area contributed by atoms with Crippen molar-refractivity contribution >= 4 is 0 Å². The summed E-state index contributed by atoms with van der Waals surface area (Å²) in [6.07, 6.45) is 13.9. The van der Waals surface area contributed by atoms with Crippen molar-refractivity contribution in [2.24, 2.45) is 5.92 Å². The Balaban J connectivity index is 1.66. The molecule has 0 aromatic rings. The van der Waals surface area contributed by atoms with Crippen LogP contribution >= 0.6 is 0 Å². The van der Waals surface area contributed by atoms with Crippen LogP contribution in [0.1, 0.15) is 64.7 Å². The van der Waals surface area contributed by atoms with Gasteiger partial charge < -0.3 is 0 Å². The number of likely N-dealkylation sites (N-methyl/N-ethyl adjacent to an activating group) is 1. The average Bonchev–Trinajstić information content (AvgIpc) is 2.66. The quantitative estimate of drug-likeness (QED) is 0.740. The van der Waals surface area contributed by atoms with E-state index < -0.39 is 0 Å². The van der Waals surface area contributed by atoms with Gasteiger partial charge in [0.05, 0.1) is 6.17 Å². The number of hydrogen-bond acceptors (Lipinski definition) is 2. The lowest BCUT2D eigenvalue weighted by molar-refractivity contribution is 0.114. The number of fused-ring (bicyclic) bond motifs is 1. The van der Waals surface area contributed by atoms with Gasteiger partial charge in [-0.05, 0) is 45.6 Å². The first-order valence-electron chi connectivity index (χ1n) is 8.25. The first-order valence-corrected chi connectivity index (χ1v) is 8.25. The first kappa shape index (κ1) is 12.9. The van der Waals surface area contributed by atoms with Gasteiger partial charge in [-0.1, -0.05) is 32.1 Å². The fourth-order valence-electron chi connectivity index (χ4n) is 4.70. The van der Waals surface area contributed by atoms with Gasteiger partial charge in [0.15, 0.2) is 0 Å². The van der Waals surface area contributed by atoms with Gasteiger partial charge in [-0.3, -0.25) is 9.80 Å². The van der Waals surface area contributed by atoms with E-state index in [1.54, 1.807) is 0 Å². The zero-order chi connectivity index (χ0) is 12.5. The maximum absolute atomic E-state index is 2.86. The van der Waals surface area contributed by atoms with Crippen molar-refractivity contribution in [3.05, 3.63) is 0 Å². The van der Waals surface area contributed by atoms with Gasteiger partial charge in [0.2, 0.25) is 0 Å². The third-order valence-corrected chi connectivity index (χ3v) is 5.91. The van der Waals surface area contributed by atoms with E-state index in [9.17, 15) is 0 Å². The Hall–Kier alpha value is -0.0800. The minimum Gasteiger partial charge on any atom is -0.287 e. The molecular weight excluding hydrogens is 220 g/mol. The largest absolute Gasteiger partial charge is 0.287 e. The molecule has 2 heteroatoms. The predicted octanol–water partition coefficient (Wildman–Crippen LogP) is 3.47. The minimum atomic E-state index is 0.681. The third-order valence-electron chi connectivity index (χ3n) is 5.91. The van der Waals surface area contributed by atoms with Crippen LogP contribution in [0.2, 0.25) is 0 Å². The summed E-state index contributed by atoms with van der Waals surface area (Å²) in [5, 5.41) is 0. The SMILES string of the molecule is CC1N(C)C2CCCCC2N1CC1CCCCC1. The van der Waals surface area contributed by atoms with E-state index in [-0.39, 0.29) is 0 Å². The van der Waals surface area contributed by atoms with Crippen LogP contribution < -0.4 is 0 Å². The summed E-state index contributed by atoms with van der Waals surface area (Å²) in [6.45, 7) is 3.81. The van der Waals surface area contributed by atoms with Crippen LogP contribution in [-0.2, 0) is 0 Å². The number of hydrogen-bond donors (Lipinski definition) is 0. The van der Waals surface area contributed by atoms with Crippen LogP contribution in [0.25, 0.3) is 0 Å². The van der Waals surface area contributed by atoms with Gasteiger partial charge in [0.25, 0.3) is 0 Å². The second-order valence-electron chi connectivity index (χ2n) is 6.92. The molecule has 0 aromatic carbocycles. The highest BCUT2D eigenvalue weighted by molar-refractivity contribution is 4.98. The van der Waals surface area contributed by atoms with E-state index >= 15 is 0 Å². The summed E-state index contributed by atoms with van der Waals surface area (Å²) < 4.78 is 0. The van der Waals surface area contributed by atoms with Crippen LogP contribution in [0.5, 0.6) is 0 Å². The molecule has 2 aliphatic carbocycles. The lowest BCUT2D eigenvalue weighted by Crippen LogP contribution is -2.42. The van der Waals surface area contributed by atoms with E-state index in [2.05, 4.69) is 23.8 Å². The molecule has 18 heavy (non-hydrogen) atoms. The Kier molecular flexibility index (Phi) is 3.95. The van der Waals surface area contributed by atoms with Crippen LogP contribution in [0.3, 0.4) is 0 Å². The Morgan fingerprint density at radius 2 is 1.44 bits per heavy atom. The van der Waals surface area contributed by atoms with Crippen molar-refractivity contribution < 1.29 is 0 Å². The molecule has 1 saturated heterocycles. The third kappa shape index (κ3) is 2.34. The highest BCUT2D eigenvalue weighted by Crippen LogP contribution is 2.37. The normalized spacial score (nSPS) is 40.0. The van der Waals surface area contributed by atoms with E-state index in [0.29, 0.717) is 6.17 Å². The summed E-state index contributed by atoms with van der Waals surface area (Å²) in [5.74, 6) is 0.996. The maximum Gasteiger partial charge on any atom is 0.0597 e. The summed E-state index contributed by atoms with van der Waals surface area (Å²) in [6, 6.07) is 1.73. The van der Waals surface area contributed by atoms with Crippen LogP contribution in [0, 0.1) is 5.92 Å². The minimum absolute atomic E-state index is 0.681. The van der Waals surface area contributed by atoms with Gasteiger partial charge in [-0.15, -0.1) is 0 Å². The van der Waals surface area contributed by atoms with Gasteiger partial charge in [-0.2, -0.15) is 0 Å². The molecule has 3 atom stereocenters. The van der Waals surface area contributed by atoms with Crippen LogP contribution in [-0.4, -0.2) is 41.6 Å². The molecule has 0 N–H and O–H groups in total. The summed E-state index contributed by atoms with van der Waals surface area (Å²) in [7, 11) is 2.36. The molecule has 2 nitrogen and oxygen atoms in total. The molecule has 3 unspecified atom stereocenters. The summed E-state index contributed by atoms with van der Waals surface area (Å²) in [4.78, 5) is 5.52. The Morgan fingerprint density at radius 1 is 0.833 bits per heavy atom. The number of rotatable bonds is 2. The average molecular weight is 250 g/mol. The molecule has 104 valence electrons. The maximum atomic E-state index is 2.86. The van der Waals surface area contributed by atoms with E-state index in [0.717, 1.165) is 18.0 Å². The second kappa shape index (κ2) is 5.50. The lowest BCUT2D eigenvalue weighted by Gasteiger charge is -2.35. The molecule has 0 radical (unpaired) electrons. The molecule has 0 aromatic heterocycles. The van der Waals surface area contributed by atoms with E-state index in [1.807, 2.05) is 0 Å². The molecule has 1 aliphatic heterocycles. The molecule has 1 heterocycles. The highest BCUT2D eigenvalue weighted by Gasteiger charge is 2.44. The zero-order valence-electron chi connectivity index (χ0n) is 12.3. The lowest BCUT2D eigenvalue weighted by atomic mass is 9.87. The molecule has 3 rings (SSSR count). The molecule has 3 fully saturated rings. The van der Waals surface area contributed by atoms with Crippen molar-refractivity contribution in [1.82, 2.24) is 9.80 Å². The number of nitrogens with zero attached hydrogens (tertiary/aromatic N) is 2. The van der Waals surface area contributed by atoms with E-state index in [1.165, 1.54) is 64.3 Å². The molecule has 2 saturated carbocycles. The molecular formula is C16H30N2. The summed E-state index contributed by atoms with van der Waals surface area (Å²) >= 11 is 0. The summed E-state index contributed by atoms with van der Waals surface area (Å²) in [5.41, 5.74) is 0. The second-order valence-corrected chi connectivity index (χ2v) is 6.92. The van der Waals surface area contributed by atoms with Crippen LogP contribution in [0.15, 0.2) is 0 Å². The van der Waals surface area contributed by atoms with E-state index in [4.69, 9.17) is 0 Å². The van der Waals surface area contributed by atoms with Crippen LogP contribution in [0.4, 0.5) is 0 Å². The van der Waals surface area contributed by atoms with Gasteiger partial charge in [0, 0.05) is 18.6 Å². The van der Waals surface area contributed by atoms with Crippen molar-refractivity contribution in [3.63, 3.8) is 0 Å². The van der Waals surface area contributed by atoms with Gasteiger partial charge in [-0.25, -0.2) is 0 Å². The fourth-order valence-corrected chi connectivity index (χ4v) is 4.70. The van der Waals surface area contributed by atoms with Crippen molar-refractivity contribution in [2.75, 3.05) is 13.6 Å². The van der Waals surface area contributed by atoms with Gasteiger partial charge in [0.1, 0.15) is 0 Å². The van der Waals surface area contributed by atoms with Crippen molar-refractivity contribution in [2.45, 2.75) is 83.0 Å². The van der Waals surface area contributed by atoms with Gasteiger partial charge >= 0.3 is 0 Å². The Labute approximate surface area is 113 Å². The van der Waals surface area contributed by atoms with Crippen molar-refractivity contribution in [3.8, 4) is 0 Å². The Bertz CT molecular complexity index is 272. The smallest absolute Gasteiger partial charge is 0.0597 e. The standard InChI is InChI=1S/C16H30N2/c1-13-17(2)15-10-6-7-11-16(15)18(13)12-14-8-4-3-5-9-14/h13-16H,3-12H2,1-2H3. The fraction of sp³-hybridized carbons (Fsp3) is 1.00. The highest BCUT2D eigenvalue weighted by atomic mass is 15.4. The molecule has 3 aliphatic rings. The molecule has 0 spiro atoms. The zero-order valence-corrected chi connectivity index (χ0v) is 12.3. The predicted molar refractivity (Wildman–Crippen MR) is 76.6 cm³/mol. The Morgan fingerprint density at radius 3 is 2.17 bits per heavy atom. The molecule has 0 bridgehead atoms.